The molecule has 2 aromatic carbocycles. The molecule has 1 aliphatic carbocycles. The fourth-order valence-electron chi connectivity index (χ4n) is 5.94. The zero-order valence-electron chi connectivity index (χ0n) is 24.4. The molecule has 0 aromatic heterocycles. The number of nitrogens with one attached hydrogen (secondary N) is 1. The van der Waals surface area contributed by atoms with Gasteiger partial charge in [-0.05, 0) is 81.7 Å². The molecule has 5 rings (SSSR count). The van der Waals surface area contributed by atoms with Crippen LogP contribution in [0.4, 0.5) is 4.79 Å². The first-order valence-electron chi connectivity index (χ1n) is 14.7. The summed E-state index contributed by atoms with van der Waals surface area (Å²) >= 11 is 0. The third-order valence-corrected chi connectivity index (χ3v) is 7.95. The normalized spacial score (nSPS) is 24.9. The Balaban J connectivity index is 1.22. The molecule has 1 spiro atoms. The molecule has 220 valence electrons. The van der Waals surface area contributed by atoms with Crippen LogP contribution in [0.5, 0.6) is 5.75 Å². The third-order valence-electron chi connectivity index (χ3n) is 7.95. The Bertz CT molecular complexity index is 1240. The third kappa shape index (κ3) is 7.49. The lowest BCUT2D eigenvalue weighted by Gasteiger charge is -2.51. The second-order valence-corrected chi connectivity index (χ2v) is 12.3. The van der Waals surface area contributed by atoms with Crippen LogP contribution in [0.2, 0.25) is 0 Å². The van der Waals surface area contributed by atoms with E-state index in [0.29, 0.717) is 26.4 Å². The van der Waals surface area contributed by atoms with E-state index in [0.717, 1.165) is 43.4 Å². The number of carbonyl (C=O) groups is 2. The summed E-state index contributed by atoms with van der Waals surface area (Å²) < 4.78 is 23.9. The first-order chi connectivity index (χ1) is 19.7. The van der Waals surface area contributed by atoms with Gasteiger partial charge in [0.15, 0.2) is 0 Å². The predicted molar refractivity (Wildman–Crippen MR) is 156 cm³/mol. The summed E-state index contributed by atoms with van der Waals surface area (Å²) in [5.41, 5.74) is 2.29. The van der Waals surface area contributed by atoms with E-state index in [-0.39, 0.29) is 30.8 Å². The van der Waals surface area contributed by atoms with Crippen LogP contribution in [0.15, 0.2) is 60.7 Å². The Labute approximate surface area is 243 Å². The van der Waals surface area contributed by atoms with Crippen LogP contribution in [0, 0.1) is 0 Å². The molecule has 8 heteroatoms. The second kappa shape index (κ2) is 12.7. The van der Waals surface area contributed by atoms with Crippen molar-refractivity contribution in [3.05, 3.63) is 71.8 Å². The van der Waals surface area contributed by atoms with E-state index in [4.69, 9.17) is 18.9 Å². The van der Waals surface area contributed by atoms with Gasteiger partial charge < -0.3 is 29.2 Å². The molecule has 0 saturated carbocycles. The number of rotatable bonds is 7. The lowest BCUT2D eigenvalue weighted by atomic mass is 9.81. The van der Waals surface area contributed by atoms with E-state index in [1.807, 2.05) is 51.1 Å². The summed E-state index contributed by atoms with van der Waals surface area (Å²) in [5, 5.41) is 3.15. The molecule has 2 fully saturated rings. The molecule has 2 saturated heterocycles. The molecule has 2 amide bonds. The predicted octanol–water partition coefficient (Wildman–Crippen LogP) is 5.50. The van der Waals surface area contributed by atoms with Gasteiger partial charge in [-0.25, -0.2) is 4.79 Å². The van der Waals surface area contributed by atoms with Crippen LogP contribution in [0.3, 0.4) is 0 Å². The number of ether oxygens (including phenoxy) is 4. The van der Waals surface area contributed by atoms with Crippen molar-refractivity contribution in [2.75, 3.05) is 26.4 Å². The minimum atomic E-state index is -0.680. The van der Waals surface area contributed by atoms with Gasteiger partial charge in [-0.1, -0.05) is 48.5 Å². The Morgan fingerprint density at radius 3 is 2.71 bits per heavy atom. The molecule has 0 bridgehead atoms. The summed E-state index contributed by atoms with van der Waals surface area (Å²) in [7, 11) is 0. The topological polar surface area (TPSA) is 86.3 Å². The quantitative estimate of drug-likeness (QED) is 0.480. The van der Waals surface area contributed by atoms with Crippen molar-refractivity contribution in [1.29, 1.82) is 0 Å². The van der Waals surface area contributed by atoms with Gasteiger partial charge in [-0.3, -0.25) is 4.79 Å². The molecule has 0 radical (unpaired) electrons. The zero-order chi connectivity index (χ0) is 28.9. The molecule has 3 unspecified atom stereocenters. The van der Waals surface area contributed by atoms with E-state index in [1.54, 1.807) is 4.90 Å². The van der Waals surface area contributed by atoms with E-state index in [9.17, 15) is 9.59 Å². The summed E-state index contributed by atoms with van der Waals surface area (Å²) in [5.74, 6) is 0.694. The number of amides is 2. The number of piperidine rings is 1. The summed E-state index contributed by atoms with van der Waals surface area (Å²) in [4.78, 5) is 27.3. The maximum absolute atomic E-state index is 13.2. The first kappa shape index (κ1) is 29.1. The Hall–Kier alpha value is -3.36. The van der Waals surface area contributed by atoms with Crippen LogP contribution in [-0.2, 0) is 25.6 Å². The largest absolute Gasteiger partial charge is 0.489 e. The van der Waals surface area contributed by atoms with Gasteiger partial charge in [0, 0.05) is 6.54 Å². The van der Waals surface area contributed by atoms with Crippen LogP contribution >= 0.6 is 0 Å². The minimum absolute atomic E-state index is 0.0240. The second-order valence-electron chi connectivity index (χ2n) is 12.3. The van der Waals surface area contributed by atoms with Gasteiger partial charge in [0.05, 0.1) is 30.9 Å². The van der Waals surface area contributed by atoms with Gasteiger partial charge in [0.1, 0.15) is 24.6 Å². The molecule has 8 nitrogen and oxygen atoms in total. The maximum Gasteiger partial charge on any atom is 0.410 e. The van der Waals surface area contributed by atoms with Gasteiger partial charge in [-0.15, -0.1) is 0 Å². The number of hydrogen-bond acceptors (Lipinski definition) is 6. The van der Waals surface area contributed by atoms with Crippen molar-refractivity contribution in [1.82, 2.24) is 10.2 Å². The SMILES string of the molecule is CC(C)(C)OC(=O)N1CCCC2(COCC(=O)N2)C1COC1CC=C(c2cccc(OCc3ccccc3)c2)CC1. The van der Waals surface area contributed by atoms with Gasteiger partial charge in [-0.2, -0.15) is 0 Å². The highest BCUT2D eigenvalue weighted by atomic mass is 16.6. The van der Waals surface area contributed by atoms with Gasteiger partial charge >= 0.3 is 6.09 Å². The van der Waals surface area contributed by atoms with E-state index >= 15 is 0 Å². The number of allylic oxidation sites excluding steroid dienone is 1. The van der Waals surface area contributed by atoms with Crippen molar-refractivity contribution in [2.45, 2.75) is 82.8 Å². The highest BCUT2D eigenvalue weighted by Crippen LogP contribution is 2.34. The lowest BCUT2D eigenvalue weighted by molar-refractivity contribution is -0.144. The van der Waals surface area contributed by atoms with Crippen molar-refractivity contribution in [3.63, 3.8) is 0 Å². The van der Waals surface area contributed by atoms with Crippen molar-refractivity contribution in [3.8, 4) is 5.75 Å². The summed E-state index contributed by atoms with van der Waals surface area (Å²) in [6, 6.07) is 18.0. The van der Waals surface area contributed by atoms with Crippen LogP contribution < -0.4 is 10.1 Å². The monoisotopic (exact) mass is 562 g/mol. The maximum atomic E-state index is 13.2. The van der Waals surface area contributed by atoms with Crippen LogP contribution in [-0.4, -0.2) is 66.6 Å². The standard InChI is InChI=1S/C33H42N2O6/c1-32(2,3)41-31(37)35-18-8-17-33(23-38-22-30(36)34-33)29(35)21-40-27-15-13-25(14-16-27)26-11-7-12-28(19-26)39-20-24-9-5-4-6-10-24/h4-7,9-13,19,27,29H,8,14-18,20-23H2,1-3H3,(H,34,36). The van der Waals surface area contributed by atoms with E-state index < -0.39 is 11.1 Å². The molecule has 3 atom stereocenters. The number of benzene rings is 2. The summed E-state index contributed by atoms with van der Waals surface area (Å²) in [6.45, 7) is 7.36. The van der Waals surface area contributed by atoms with Crippen molar-refractivity contribution < 1.29 is 28.5 Å². The molecule has 1 N–H and O–H groups in total. The molecule has 2 heterocycles. The van der Waals surface area contributed by atoms with E-state index in [1.165, 1.54) is 11.1 Å². The molecule has 3 aliphatic rings. The minimum Gasteiger partial charge on any atom is -0.489 e. The first-order valence-corrected chi connectivity index (χ1v) is 14.7. The Morgan fingerprint density at radius 2 is 1.98 bits per heavy atom. The smallest absolute Gasteiger partial charge is 0.410 e. The zero-order valence-corrected chi connectivity index (χ0v) is 24.4. The number of morpholine rings is 1. The molecule has 2 aliphatic heterocycles. The number of hydrogen-bond donors (Lipinski definition) is 1. The average molecular weight is 563 g/mol. The number of nitrogens with zero attached hydrogens (tertiary/aromatic N) is 1. The van der Waals surface area contributed by atoms with Gasteiger partial charge in [0.25, 0.3) is 0 Å². The Kier molecular flexibility index (Phi) is 9.00. The van der Waals surface area contributed by atoms with Crippen LogP contribution in [0.1, 0.15) is 64.0 Å². The molecule has 2 aromatic rings. The highest BCUT2D eigenvalue weighted by molar-refractivity contribution is 5.79. The van der Waals surface area contributed by atoms with Crippen molar-refractivity contribution >= 4 is 17.6 Å². The summed E-state index contributed by atoms with van der Waals surface area (Å²) in [6.07, 6.45) is 5.90. The molecular weight excluding hydrogens is 520 g/mol. The molecule has 41 heavy (non-hydrogen) atoms. The molecular formula is C33H42N2O6. The highest BCUT2D eigenvalue weighted by Gasteiger charge is 2.50. The average Bonchev–Trinajstić information content (AvgIpc) is 2.95. The fourth-order valence-corrected chi connectivity index (χ4v) is 5.94. The van der Waals surface area contributed by atoms with E-state index in [2.05, 4.69) is 35.7 Å². The number of carbonyl (C=O) groups excluding carboxylic acids is 2. The fraction of sp³-hybridized carbons (Fsp3) is 0.515. The van der Waals surface area contributed by atoms with Crippen LogP contribution in [0.25, 0.3) is 5.57 Å². The lowest BCUT2D eigenvalue weighted by Crippen LogP contribution is -2.72. The van der Waals surface area contributed by atoms with Crippen molar-refractivity contribution in [2.24, 2.45) is 0 Å². The Morgan fingerprint density at radius 1 is 1.15 bits per heavy atom. The number of likely N-dealkylation sites (tertiary alicyclic amines) is 1. The van der Waals surface area contributed by atoms with Gasteiger partial charge in [0.2, 0.25) is 5.91 Å².